The molecule has 3 nitrogen and oxygen atoms in total. The highest BCUT2D eigenvalue weighted by molar-refractivity contribution is 6.33. The van der Waals surface area contributed by atoms with Crippen LogP contribution < -0.4 is 5.32 Å². The molecule has 0 saturated carbocycles. The lowest BCUT2D eigenvalue weighted by molar-refractivity contribution is 0.102. The van der Waals surface area contributed by atoms with Crippen molar-refractivity contribution in [3.8, 4) is 0 Å². The molecule has 1 aromatic heterocycles. The van der Waals surface area contributed by atoms with Gasteiger partial charge in [0.15, 0.2) is 5.82 Å². The molecule has 0 spiro atoms. The van der Waals surface area contributed by atoms with Crippen LogP contribution >= 0.6 is 23.2 Å². The van der Waals surface area contributed by atoms with Crippen LogP contribution in [0.4, 0.5) is 5.82 Å². The molecule has 0 unspecified atom stereocenters. The van der Waals surface area contributed by atoms with Gasteiger partial charge in [-0.15, -0.1) is 0 Å². The van der Waals surface area contributed by atoms with E-state index < -0.39 is 0 Å². The van der Waals surface area contributed by atoms with Crippen LogP contribution in [0.2, 0.25) is 10.0 Å². The Hall–Kier alpha value is -1.58. The van der Waals surface area contributed by atoms with E-state index in [0.717, 1.165) is 5.56 Å². The van der Waals surface area contributed by atoms with Gasteiger partial charge in [0, 0.05) is 16.8 Å². The molecule has 1 N–H and O–H groups in total. The van der Waals surface area contributed by atoms with Gasteiger partial charge in [-0.25, -0.2) is 4.98 Å². The summed E-state index contributed by atoms with van der Waals surface area (Å²) < 4.78 is 0. The molecule has 18 heavy (non-hydrogen) atoms. The molecule has 0 aliphatic heterocycles. The van der Waals surface area contributed by atoms with Gasteiger partial charge >= 0.3 is 0 Å². The van der Waals surface area contributed by atoms with Gasteiger partial charge in [-0.2, -0.15) is 0 Å². The number of benzene rings is 1. The van der Waals surface area contributed by atoms with Gasteiger partial charge < -0.3 is 5.32 Å². The fourth-order valence-electron chi connectivity index (χ4n) is 1.39. The minimum Gasteiger partial charge on any atom is -0.305 e. The van der Waals surface area contributed by atoms with Crippen LogP contribution in [0.15, 0.2) is 36.5 Å². The highest BCUT2D eigenvalue weighted by Crippen LogP contribution is 2.20. The Kier molecular flexibility index (Phi) is 3.84. The fraction of sp³-hybridized carbons (Fsp3) is 0.0769. The Morgan fingerprint density at radius 1 is 1.22 bits per heavy atom. The Morgan fingerprint density at radius 2 is 2.00 bits per heavy atom. The highest BCUT2D eigenvalue weighted by Gasteiger charge is 2.10. The van der Waals surface area contributed by atoms with E-state index in [2.05, 4.69) is 10.3 Å². The van der Waals surface area contributed by atoms with Crippen LogP contribution in [-0.2, 0) is 0 Å². The van der Waals surface area contributed by atoms with Gasteiger partial charge in [0.05, 0.1) is 5.02 Å². The van der Waals surface area contributed by atoms with Crippen LogP contribution in [0, 0.1) is 6.92 Å². The molecule has 0 saturated heterocycles. The Morgan fingerprint density at radius 3 is 2.67 bits per heavy atom. The maximum atomic E-state index is 12.0. The fourth-order valence-corrected chi connectivity index (χ4v) is 1.74. The van der Waals surface area contributed by atoms with Crippen molar-refractivity contribution in [2.75, 3.05) is 5.32 Å². The number of hydrogen-bond donors (Lipinski definition) is 1. The first-order valence-corrected chi connectivity index (χ1v) is 6.01. The third-order valence-corrected chi connectivity index (χ3v) is 3.14. The number of nitrogens with one attached hydrogen (secondary N) is 1. The molecule has 0 bridgehead atoms. The zero-order valence-electron chi connectivity index (χ0n) is 9.58. The lowest BCUT2D eigenvalue weighted by atomic mass is 10.1. The molecule has 2 rings (SSSR count). The molecule has 0 fully saturated rings. The SMILES string of the molecule is Cc1ccc(C(=O)Nc2ncccc2Cl)cc1Cl. The zero-order valence-corrected chi connectivity index (χ0v) is 11.1. The van der Waals surface area contributed by atoms with Crippen molar-refractivity contribution >= 4 is 34.9 Å². The molecule has 2 aromatic rings. The van der Waals surface area contributed by atoms with Crippen molar-refractivity contribution in [2.45, 2.75) is 6.92 Å². The van der Waals surface area contributed by atoms with E-state index in [-0.39, 0.29) is 5.91 Å². The van der Waals surface area contributed by atoms with Crippen LogP contribution in [-0.4, -0.2) is 10.9 Å². The summed E-state index contributed by atoms with van der Waals surface area (Å²) in [5, 5.41) is 3.58. The predicted molar refractivity (Wildman–Crippen MR) is 73.4 cm³/mol. The molecule has 1 heterocycles. The van der Waals surface area contributed by atoms with Crippen molar-refractivity contribution in [2.24, 2.45) is 0 Å². The lowest BCUT2D eigenvalue weighted by Gasteiger charge is -2.06. The summed E-state index contributed by atoms with van der Waals surface area (Å²) >= 11 is 11.9. The molecule has 1 amide bonds. The quantitative estimate of drug-likeness (QED) is 0.905. The normalized spacial score (nSPS) is 10.2. The maximum Gasteiger partial charge on any atom is 0.256 e. The van der Waals surface area contributed by atoms with Crippen molar-refractivity contribution < 1.29 is 4.79 Å². The van der Waals surface area contributed by atoms with Crippen molar-refractivity contribution in [3.05, 3.63) is 57.7 Å². The van der Waals surface area contributed by atoms with E-state index in [0.29, 0.717) is 21.4 Å². The standard InChI is InChI=1S/C13H10Cl2N2O/c1-8-4-5-9(7-11(8)15)13(18)17-12-10(14)3-2-6-16-12/h2-7H,1H3,(H,16,17,18). The number of aryl methyl sites for hydroxylation is 1. The summed E-state index contributed by atoms with van der Waals surface area (Å²) in [5.41, 5.74) is 1.39. The number of halogens is 2. The number of nitrogens with zero attached hydrogens (tertiary/aromatic N) is 1. The topological polar surface area (TPSA) is 42.0 Å². The second-order valence-electron chi connectivity index (χ2n) is 3.75. The largest absolute Gasteiger partial charge is 0.305 e. The third kappa shape index (κ3) is 2.81. The zero-order chi connectivity index (χ0) is 13.1. The minimum atomic E-state index is -0.294. The van der Waals surface area contributed by atoms with Gasteiger partial charge in [0.1, 0.15) is 0 Å². The number of pyridine rings is 1. The van der Waals surface area contributed by atoms with Gasteiger partial charge in [-0.05, 0) is 36.8 Å². The summed E-state index contributed by atoms with van der Waals surface area (Å²) in [6, 6.07) is 8.46. The predicted octanol–water partition coefficient (Wildman–Crippen LogP) is 3.95. The molecule has 1 aromatic carbocycles. The Bertz CT molecular complexity index is 599. The molecule has 0 aliphatic rings. The number of carbonyl (C=O) groups is 1. The van der Waals surface area contributed by atoms with Crippen LogP contribution in [0.5, 0.6) is 0 Å². The minimum absolute atomic E-state index is 0.294. The summed E-state index contributed by atoms with van der Waals surface area (Å²) in [6.07, 6.45) is 1.56. The number of rotatable bonds is 2. The molecule has 0 aliphatic carbocycles. The summed E-state index contributed by atoms with van der Waals surface area (Å²) in [7, 11) is 0. The number of hydrogen-bond acceptors (Lipinski definition) is 2. The number of carbonyl (C=O) groups excluding carboxylic acids is 1. The molecular formula is C13H10Cl2N2O. The number of amides is 1. The van der Waals surface area contributed by atoms with Crippen LogP contribution in [0.3, 0.4) is 0 Å². The molecule has 0 radical (unpaired) electrons. The second kappa shape index (κ2) is 5.38. The number of aromatic nitrogens is 1. The van der Waals surface area contributed by atoms with Gasteiger partial charge in [-0.3, -0.25) is 4.79 Å². The first kappa shape index (κ1) is 12.9. The highest BCUT2D eigenvalue weighted by atomic mass is 35.5. The van der Waals surface area contributed by atoms with E-state index in [1.165, 1.54) is 0 Å². The molecule has 5 heteroatoms. The van der Waals surface area contributed by atoms with Gasteiger partial charge in [0.25, 0.3) is 5.91 Å². The average Bonchev–Trinajstić information content (AvgIpc) is 2.35. The average molecular weight is 281 g/mol. The van der Waals surface area contributed by atoms with Crippen LogP contribution in [0.1, 0.15) is 15.9 Å². The van der Waals surface area contributed by atoms with Gasteiger partial charge in [-0.1, -0.05) is 29.3 Å². The van der Waals surface area contributed by atoms with E-state index in [4.69, 9.17) is 23.2 Å². The molecule has 0 atom stereocenters. The van der Waals surface area contributed by atoms with Crippen molar-refractivity contribution in [3.63, 3.8) is 0 Å². The summed E-state index contributed by atoms with van der Waals surface area (Å²) in [6.45, 7) is 1.87. The summed E-state index contributed by atoms with van der Waals surface area (Å²) in [4.78, 5) is 15.9. The van der Waals surface area contributed by atoms with E-state index in [1.807, 2.05) is 6.92 Å². The van der Waals surface area contributed by atoms with Crippen molar-refractivity contribution in [1.29, 1.82) is 0 Å². The van der Waals surface area contributed by atoms with E-state index in [1.54, 1.807) is 36.5 Å². The van der Waals surface area contributed by atoms with Crippen molar-refractivity contribution in [1.82, 2.24) is 4.98 Å². The van der Waals surface area contributed by atoms with E-state index in [9.17, 15) is 4.79 Å². The molecule has 92 valence electrons. The first-order chi connectivity index (χ1) is 8.58. The Labute approximate surface area is 115 Å². The molecular weight excluding hydrogens is 271 g/mol. The smallest absolute Gasteiger partial charge is 0.256 e. The van der Waals surface area contributed by atoms with Crippen LogP contribution in [0.25, 0.3) is 0 Å². The first-order valence-electron chi connectivity index (χ1n) is 5.26. The second-order valence-corrected chi connectivity index (χ2v) is 4.57. The Balaban J connectivity index is 2.22. The number of anilines is 1. The monoisotopic (exact) mass is 280 g/mol. The van der Waals surface area contributed by atoms with Gasteiger partial charge in [0.2, 0.25) is 0 Å². The third-order valence-electron chi connectivity index (χ3n) is 2.42. The maximum absolute atomic E-state index is 12.0. The van der Waals surface area contributed by atoms with E-state index >= 15 is 0 Å². The lowest BCUT2D eigenvalue weighted by Crippen LogP contribution is -2.13. The summed E-state index contributed by atoms with van der Waals surface area (Å²) in [5.74, 6) is 0.0402.